The number of amides is 2. The largest absolute Gasteiger partial charge is 0.346 e. The lowest BCUT2D eigenvalue weighted by Gasteiger charge is -2.30. The Labute approximate surface area is 124 Å². The van der Waals surface area contributed by atoms with Gasteiger partial charge in [-0.2, -0.15) is 5.10 Å². The summed E-state index contributed by atoms with van der Waals surface area (Å²) >= 11 is 0. The van der Waals surface area contributed by atoms with Gasteiger partial charge in [-0.15, -0.1) is 0 Å². The number of anilines is 1. The topological polar surface area (TPSA) is 78.1 Å². The van der Waals surface area contributed by atoms with Crippen molar-refractivity contribution in [2.45, 2.75) is 18.9 Å². The van der Waals surface area contributed by atoms with E-state index in [2.05, 4.69) is 39.9 Å². The number of carbonyl (C=O) groups is 2. The van der Waals surface area contributed by atoms with E-state index in [1.54, 1.807) is 0 Å². The third-order valence-corrected chi connectivity index (χ3v) is 5.02. The maximum Gasteiger partial charge on any atom is 0.249 e. The van der Waals surface area contributed by atoms with Crippen LogP contribution in [0.5, 0.6) is 0 Å². The molecule has 7 heteroatoms. The van der Waals surface area contributed by atoms with Crippen molar-refractivity contribution in [3.05, 3.63) is 22.9 Å². The molecular weight excluding hydrogens is 287 g/mol. The molecule has 1 aromatic heterocycles. The Morgan fingerprint density at radius 3 is 2.86 bits per heavy atom. The molecule has 1 aromatic rings. The first-order valence-electron chi connectivity index (χ1n) is 6.79. The fraction of sp³-hybridized carbons (Fsp3) is 0.357. The van der Waals surface area contributed by atoms with Crippen molar-refractivity contribution in [1.29, 1.82) is 0 Å². The van der Waals surface area contributed by atoms with Crippen LogP contribution in [-0.4, -0.2) is 41.8 Å². The number of H-pyrrole nitrogens is 1. The molecule has 0 spiro atoms. The minimum absolute atomic E-state index is 0.204. The van der Waals surface area contributed by atoms with Gasteiger partial charge in [0.05, 0.1) is 5.69 Å². The molecule has 1 saturated heterocycles. The summed E-state index contributed by atoms with van der Waals surface area (Å²) in [5.74, 6) is 4.60. The van der Waals surface area contributed by atoms with Crippen molar-refractivity contribution in [3.63, 3.8) is 0 Å². The molecule has 0 radical (unpaired) electrons. The molecule has 3 heterocycles. The Balaban J connectivity index is 1.90. The number of likely N-dealkylation sites (N-methyl/N-ethyl adjacent to an activating group) is 1. The van der Waals surface area contributed by atoms with Crippen LogP contribution in [0.3, 0.4) is 0 Å². The maximum atomic E-state index is 12.0. The van der Waals surface area contributed by atoms with E-state index in [1.807, 2.05) is 18.0 Å². The Bertz CT molecular complexity index is 649. The molecule has 2 aliphatic heterocycles. The minimum atomic E-state index is -0.362. The molecule has 2 amide bonds. The molecule has 1 fully saturated rings. The van der Waals surface area contributed by atoms with Gasteiger partial charge in [-0.1, -0.05) is 19.6 Å². The van der Waals surface area contributed by atoms with Gasteiger partial charge in [0.15, 0.2) is 5.82 Å². The number of piperidine rings is 1. The van der Waals surface area contributed by atoms with Crippen LogP contribution in [0.1, 0.15) is 24.1 Å². The predicted octanol–water partition coefficient (Wildman–Crippen LogP) is 1.72. The monoisotopic (exact) mass is 304 g/mol. The summed E-state index contributed by atoms with van der Waals surface area (Å²) in [6, 6.07) is -0.362. The molecule has 110 valence electrons. The third-order valence-electron chi connectivity index (χ3n) is 3.78. The van der Waals surface area contributed by atoms with Crippen molar-refractivity contribution < 1.29 is 9.59 Å². The zero-order valence-electron chi connectivity index (χ0n) is 12.0. The number of aromatic amines is 1. The van der Waals surface area contributed by atoms with Crippen molar-refractivity contribution in [3.8, 4) is 0 Å². The molecule has 0 bridgehead atoms. The summed E-state index contributed by atoms with van der Waals surface area (Å²) in [5, 5.41) is 9.73. The van der Waals surface area contributed by atoms with Gasteiger partial charge < -0.3 is 4.90 Å². The molecule has 6 nitrogen and oxygen atoms in total. The van der Waals surface area contributed by atoms with E-state index in [4.69, 9.17) is 0 Å². The van der Waals surface area contributed by atoms with Crippen LogP contribution in [0.4, 0.5) is 5.82 Å². The van der Waals surface area contributed by atoms with E-state index >= 15 is 0 Å². The van der Waals surface area contributed by atoms with Gasteiger partial charge in [0.2, 0.25) is 11.8 Å². The lowest BCUT2D eigenvalue weighted by atomic mass is 10.0. The average molecular weight is 304 g/mol. The highest BCUT2D eigenvalue weighted by atomic mass is 31.1. The number of hydrogen-bond donors (Lipinski definition) is 2. The zero-order chi connectivity index (χ0) is 15.0. The standard InChI is InChI=1S/C14H17N4O2P/c1-18(11-3-4-12(19)15-14(11)20)13-9-5-7-21(2)8-6-10(9)16-17-13/h5-8,11H,3-4H2,1-2H3,(H,16,17)(H,15,19,20). The first-order chi connectivity index (χ1) is 10.1. The normalized spacial score (nSPS) is 24.5. The van der Waals surface area contributed by atoms with Gasteiger partial charge in [0, 0.05) is 19.0 Å². The highest BCUT2D eigenvalue weighted by molar-refractivity contribution is 7.63. The Kier molecular flexibility index (Phi) is 3.64. The van der Waals surface area contributed by atoms with Crippen LogP contribution >= 0.6 is 7.92 Å². The number of imide groups is 1. The fourth-order valence-corrected chi connectivity index (χ4v) is 3.42. The molecule has 21 heavy (non-hydrogen) atoms. The quantitative estimate of drug-likeness (QED) is 0.644. The number of aromatic nitrogens is 2. The molecule has 0 saturated carbocycles. The molecule has 0 aromatic carbocycles. The Morgan fingerprint density at radius 1 is 1.33 bits per heavy atom. The second-order valence-electron chi connectivity index (χ2n) is 5.25. The van der Waals surface area contributed by atoms with Gasteiger partial charge in [0.1, 0.15) is 6.04 Å². The minimum Gasteiger partial charge on any atom is -0.346 e. The van der Waals surface area contributed by atoms with Crippen molar-refractivity contribution in [2.75, 3.05) is 18.6 Å². The fourth-order valence-electron chi connectivity index (χ4n) is 2.55. The first kappa shape index (κ1) is 14.0. The smallest absolute Gasteiger partial charge is 0.249 e. The summed E-state index contributed by atoms with van der Waals surface area (Å²) in [6.07, 6.45) is 4.98. The van der Waals surface area contributed by atoms with E-state index in [0.29, 0.717) is 12.8 Å². The lowest BCUT2D eigenvalue weighted by molar-refractivity contribution is -0.134. The number of hydrogen-bond acceptors (Lipinski definition) is 4. The molecule has 0 aliphatic carbocycles. The van der Waals surface area contributed by atoms with Crippen LogP contribution in [0.15, 0.2) is 11.6 Å². The van der Waals surface area contributed by atoms with E-state index in [9.17, 15) is 9.59 Å². The second-order valence-corrected chi connectivity index (χ2v) is 7.18. The molecule has 2 aliphatic rings. The van der Waals surface area contributed by atoms with Crippen molar-refractivity contribution >= 4 is 37.7 Å². The summed E-state index contributed by atoms with van der Waals surface area (Å²) in [7, 11) is 1.59. The van der Waals surface area contributed by atoms with Crippen LogP contribution < -0.4 is 10.2 Å². The molecule has 2 N–H and O–H groups in total. The number of rotatable bonds is 2. The van der Waals surface area contributed by atoms with Gasteiger partial charge >= 0.3 is 0 Å². The average Bonchev–Trinajstić information content (AvgIpc) is 2.76. The van der Waals surface area contributed by atoms with Gasteiger partial charge in [-0.25, -0.2) is 0 Å². The summed E-state index contributed by atoms with van der Waals surface area (Å²) < 4.78 is 0. The number of carbonyl (C=O) groups excluding carboxylic acids is 2. The highest BCUT2D eigenvalue weighted by Gasteiger charge is 2.32. The number of nitrogens with one attached hydrogen (secondary N) is 2. The van der Waals surface area contributed by atoms with Gasteiger partial charge in [-0.05, 0) is 25.2 Å². The molecule has 3 rings (SSSR count). The molecule has 2 atom stereocenters. The van der Waals surface area contributed by atoms with E-state index in [1.165, 1.54) is 0 Å². The van der Waals surface area contributed by atoms with Crippen LogP contribution in [0, 0.1) is 0 Å². The summed E-state index contributed by atoms with van der Waals surface area (Å²) in [4.78, 5) is 25.1. The van der Waals surface area contributed by atoms with E-state index in [-0.39, 0.29) is 25.8 Å². The highest BCUT2D eigenvalue weighted by Crippen LogP contribution is 2.40. The van der Waals surface area contributed by atoms with Crippen molar-refractivity contribution in [1.82, 2.24) is 15.5 Å². The third kappa shape index (κ3) is 2.63. The van der Waals surface area contributed by atoms with Crippen LogP contribution in [0.2, 0.25) is 0 Å². The number of fused-ring (bicyclic) bond motifs is 1. The van der Waals surface area contributed by atoms with Crippen LogP contribution in [0.25, 0.3) is 12.2 Å². The second kappa shape index (κ2) is 5.45. The lowest BCUT2D eigenvalue weighted by Crippen LogP contribution is -2.51. The van der Waals surface area contributed by atoms with Gasteiger partial charge in [0.25, 0.3) is 0 Å². The molecular formula is C14H17N4O2P. The van der Waals surface area contributed by atoms with Crippen LogP contribution in [-0.2, 0) is 9.59 Å². The van der Waals surface area contributed by atoms with E-state index < -0.39 is 0 Å². The number of nitrogens with zero attached hydrogens (tertiary/aromatic N) is 2. The Hall–Kier alpha value is -1.94. The van der Waals surface area contributed by atoms with E-state index in [0.717, 1.165) is 17.1 Å². The summed E-state index contributed by atoms with van der Waals surface area (Å²) in [6.45, 7) is 2.17. The maximum absolute atomic E-state index is 12.0. The Morgan fingerprint density at radius 2 is 2.10 bits per heavy atom. The zero-order valence-corrected chi connectivity index (χ0v) is 12.9. The van der Waals surface area contributed by atoms with Crippen molar-refractivity contribution in [2.24, 2.45) is 0 Å². The summed E-state index contributed by atoms with van der Waals surface area (Å²) in [5.41, 5.74) is 1.94. The SMILES string of the molecule is CN(c1n[nH]c2c1C=CP(C)C=C2)C1CCC(=O)NC1=O. The van der Waals surface area contributed by atoms with Gasteiger partial charge in [-0.3, -0.25) is 20.0 Å². The molecule has 2 unspecified atom stereocenters. The first-order valence-corrected chi connectivity index (χ1v) is 8.72. The predicted molar refractivity (Wildman–Crippen MR) is 84.1 cm³/mol.